The fourth-order valence-corrected chi connectivity index (χ4v) is 1.56. The van der Waals surface area contributed by atoms with Gasteiger partial charge in [-0.25, -0.2) is 4.98 Å². The van der Waals surface area contributed by atoms with Crippen molar-refractivity contribution in [1.82, 2.24) is 9.97 Å². The zero-order valence-corrected chi connectivity index (χ0v) is 11.1. The second-order valence-corrected chi connectivity index (χ2v) is 4.04. The number of aromatic nitrogens is 2. The largest absolute Gasteiger partial charge is 0.493 e. The van der Waals surface area contributed by atoms with E-state index < -0.39 is 0 Å². The molecule has 6 heteroatoms. The highest BCUT2D eigenvalue weighted by atomic mass is 35.5. The molecule has 1 aromatic heterocycles. The van der Waals surface area contributed by atoms with Crippen molar-refractivity contribution < 1.29 is 9.47 Å². The number of hydrogen-bond acceptors (Lipinski definition) is 5. The Balaban J connectivity index is 2.38. The van der Waals surface area contributed by atoms with Gasteiger partial charge in [0.2, 0.25) is 11.2 Å². The van der Waals surface area contributed by atoms with Crippen LogP contribution >= 0.6 is 11.6 Å². The average molecular weight is 276 g/mol. The highest BCUT2D eigenvalue weighted by molar-refractivity contribution is 6.28. The van der Waals surface area contributed by atoms with Gasteiger partial charge in [-0.15, -0.1) is 0 Å². The van der Waals surface area contributed by atoms with E-state index >= 15 is 0 Å². The first-order chi connectivity index (χ1) is 9.13. The van der Waals surface area contributed by atoms with Crippen LogP contribution in [0.5, 0.6) is 17.4 Å². The summed E-state index contributed by atoms with van der Waals surface area (Å²) in [5, 5.41) is 8.94. The molecule has 0 aliphatic carbocycles. The van der Waals surface area contributed by atoms with Crippen LogP contribution in [-0.4, -0.2) is 17.1 Å². The van der Waals surface area contributed by atoms with Crippen LogP contribution in [0.4, 0.5) is 0 Å². The molecule has 0 spiro atoms. The first-order valence-electron chi connectivity index (χ1n) is 5.39. The lowest BCUT2D eigenvalue weighted by Crippen LogP contribution is -1.96. The zero-order chi connectivity index (χ0) is 13.8. The van der Waals surface area contributed by atoms with Crippen LogP contribution in [0, 0.1) is 18.3 Å². The van der Waals surface area contributed by atoms with Gasteiger partial charge in [0.1, 0.15) is 0 Å². The molecule has 0 saturated heterocycles. The fourth-order valence-electron chi connectivity index (χ4n) is 1.44. The lowest BCUT2D eigenvalue weighted by molar-refractivity contribution is 0.372. The van der Waals surface area contributed by atoms with Gasteiger partial charge in [-0.3, -0.25) is 0 Å². The molecule has 0 aliphatic rings. The van der Waals surface area contributed by atoms with Crippen LogP contribution in [0.2, 0.25) is 5.28 Å². The third kappa shape index (κ3) is 2.92. The second-order valence-electron chi connectivity index (χ2n) is 3.71. The summed E-state index contributed by atoms with van der Waals surface area (Å²) in [7, 11) is 1.50. The third-order valence-corrected chi connectivity index (χ3v) is 2.58. The molecule has 5 nitrogen and oxygen atoms in total. The number of hydrogen-bond donors (Lipinski definition) is 0. The maximum absolute atomic E-state index is 8.83. The molecule has 1 heterocycles. The zero-order valence-electron chi connectivity index (χ0n) is 10.3. The highest BCUT2D eigenvalue weighted by Crippen LogP contribution is 2.32. The summed E-state index contributed by atoms with van der Waals surface area (Å²) in [6.45, 7) is 1.81. The van der Waals surface area contributed by atoms with Gasteiger partial charge in [0.25, 0.3) is 0 Å². The van der Waals surface area contributed by atoms with Gasteiger partial charge in [0.15, 0.2) is 11.5 Å². The third-order valence-electron chi connectivity index (χ3n) is 2.40. The summed E-state index contributed by atoms with van der Waals surface area (Å²) in [4.78, 5) is 7.85. The summed E-state index contributed by atoms with van der Waals surface area (Å²) < 4.78 is 10.8. The standard InChI is InChI=1S/C13H10ClN3O2/c1-8-7-16-13(14)17-12(8)19-10-4-3-9(6-15)5-11(10)18-2/h3-5,7H,1-2H3. The van der Waals surface area contributed by atoms with E-state index in [-0.39, 0.29) is 5.28 Å². The van der Waals surface area contributed by atoms with Crippen LogP contribution in [0.3, 0.4) is 0 Å². The van der Waals surface area contributed by atoms with Crippen molar-refractivity contribution in [2.24, 2.45) is 0 Å². The molecule has 0 atom stereocenters. The van der Waals surface area contributed by atoms with Crippen LogP contribution in [0.25, 0.3) is 0 Å². The summed E-state index contributed by atoms with van der Waals surface area (Å²) in [5.41, 5.74) is 1.23. The summed E-state index contributed by atoms with van der Waals surface area (Å²) in [6.07, 6.45) is 1.57. The van der Waals surface area contributed by atoms with E-state index in [1.54, 1.807) is 24.4 Å². The molecular formula is C13H10ClN3O2. The Hall–Kier alpha value is -2.32. The van der Waals surface area contributed by atoms with Gasteiger partial charge in [0, 0.05) is 17.8 Å². The number of ether oxygens (including phenoxy) is 2. The molecule has 2 aromatic rings. The number of rotatable bonds is 3. The van der Waals surface area contributed by atoms with Crippen LogP contribution in [-0.2, 0) is 0 Å². The molecule has 0 saturated carbocycles. The number of nitrogens with zero attached hydrogens (tertiary/aromatic N) is 3. The summed E-state index contributed by atoms with van der Waals surface area (Å²) in [6, 6.07) is 6.90. The average Bonchev–Trinajstić information content (AvgIpc) is 2.43. The van der Waals surface area contributed by atoms with Crippen molar-refractivity contribution in [1.29, 1.82) is 5.26 Å². The van der Waals surface area contributed by atoms with Gasteiger partial charge in [-0.05, 0) is 30.7 Å². The monoisotopic (exact) mass is 275 g/mol. The molecule has 0 aliphatic heterocycles. The number of aryl methyl sites for hydroxylation is 1. The van der Waals surface area contributed by atoms with E-state index in [0.717, 1.165) is 5.56 Å². The van der Waals surface area contributed by atoms with Gasteiger partial charge in [-0.1, -0.05) is 0 Å². The Kier molecular flexibility index (Phi) is 3.83. The van der Waals surface area contributed by atoms with Crippen LogP contribution in [0.15, 0.2) is 24.4 Å². The molecule has 0 fully saturated rings. The summed E-state index contributed by atoms with van der Waals surface area (Å²) in [5.74, 6) is 1.26. The van der Waals surface area contributed by atoms with Crippen molar-refractivity contribution in [2.45, 2.75) is 6.92 Å². The Morgan fingerprint density at radius 1 is 1.32 bits per heavy atom. The second kappa shape index (κ2) is 5.55. The number of halogens is 1. The van der Waals surface area contributed by atoms with Crippen molar-refractivity contribution in [3.8, 4) is 23.4 Å². The van der Waals surface area contributed by atoms with Crippen molar-refractivity contribution in [3.05, 3.63) is 40.8 Å². The van der Waals surface area contributed by atoms with Crippen LogP contribution < -0.4 is 9.47 Å². The van der Waals surface area contributed by atoms with Gasteiger partial charge < -0.3 is 9.47 Å². The van der Waals surface area contributed by atoms with Crippen molar-refractivity contribution in [3.63, 3.8) is 0 Å². The van der Waals surface area contributed by atoms with Crippen LogP contribution in [0.1, 0.15) is 11.1 Å². The minimum Gasteiger partial charge on any atom is -0.493 e. The van der Waals surface area contributed by atoms with E-state index in [1.807, 2.05) is 13.0 Å². The molecule has 19 heavy (non-hydrogen) atoms. The normalized spacial score (nSPS) is 9.79. The van der Waals surface area contributed by atoms with Crippen molar-refractivity contribution in [2.75, 3.05) is 7.11 Å². The first kappa shape index (κ1) is 13.1. The number of benzene rings is 1. The maximum Gasteiger partial charge on any atom is 0.226 e. The fraction of sp³-hybridized carbons (Fsp3) is 0.154. The highest BCUT2D eigenvalue weighted by Gasteiger charge is 2.10. The Morgan fingerprint density at radius 3 is 2.79 bits per heavy atom. The van der Waals surface area contributed by atoms with E-state index in [1.165, 1.54) is 7.11 Å². The lowest BCUT2D eigenvalue weighted by Gasteiger charge is -2.11. The van der Waals surface area contributed by atoms with Gasteiger partial charge in [-0.2, -0.15) is 10.2 Å². The lowest BCUT2D eigenvalue weighted by atomic mass is 10.2. The Bertz CT molecular complexity index is 653. The minimum atomic E-state index is 0.105. The molecule has 0 N–H and O–H groups in total. The predicted octanol–water partition coefficient (Wildman–Crippen LogP) is 3.11. The summed E-state index contributed by atoms with van der Waals surface area (Å²) >= 11 is 5.73. The molecule has 0 unspecified atom stereocenters. The minimum absolute atomic E-state index is 0.105. The molecule has 0 amide bonds. The molecule has 1 aromatic carbocycles. The SMILES string of the molecule is COc1cc(C#N)ccc1Oc1nc(Cl)ncc1C. The van der Waals surface area contributed by atoms with E-state index in [0.29, 0.717) is 22.9 Å². The smallest absolute Gasteiger partial charge is 0.226 e. The van der Waals surface area contributed by atoms with E-state index in [4.69, 9.17) is 26.3 Å². The Labute approximate surface area is 115 Å². The van der Waals surface area contributed by atoms with E-state index in [9.17, 15) is 0 Å². The van der Waals surface area contributed by atoms with Gasteiger partial charge in [0.05, 0.1) is 18.7 Å². The van der Waals surface area contributed by atoms with E-state index in [2.05, 4.69) is 9.97 Å². The molecule has 0 bridgehead atoms. The number of methoxy groups -OCH3 is 1. The Morgan fingerprint density at radius 2 is 2.11 bits per heavy atom. The van der Waals surface area contributed by atoms with Gasteiger partial charge >= 0.3 is 0 Å². The quantitative estimate of drug-likeness (QED) is 0.805. The molecule has 2 rings (SSSR count). The predicted molar refractivity (Wildman–Crippen MR) is 69.6 cm³/mol. The first-order valence-corrected chi connectivity index (χ1v) is 5.77. The molecule has 0 radical (unpaired) electrons. The topological polar surface area (TPSA) is 68.0 Å². The molecular weight excluding hydrogens is 266 g/mol. The van der Waals surface area contributed by atoms with Crippen molar-refractivity contribution >= 4 is 11.6 Å². The number of nitriles is 1. The maximum atomic E-state index is 8.83. The molecule has 96 valence electrons.